The number of hydrogen-bond donors (Lipinski definition) is 1. The zero-order valence-corrected chi connectivity index (χ0v) is 22.6. The highest BCUT2D eigenvalue weighted by molar-refractivity contribution is 6.38. The predicted octanol–water partition coefficient (Wildman–Crippen LogP) is 3.58. The Morgan fingerprint density at radius 2 is 1.69 bits per heavy atom. The summed E-state index contributed by atoms with van der Waals surface area (Å²) in [6.07, 6.45) is 4.02. The molecule has 7 nitrogen and oxygen atoms in total. The molecule has 0 aromatic carbocycles. The number of piperidine rings is 1. The quantitative estimate of drug-likeness (QED) is 0.448. The van der Waals surface area contributed by atoms with E-state index >= 15 is 0 Å². The Balaban J connectivity index is 1.84. The van der Waals surface area contributed by atoms with Crippen LogP contribution in [0.15, 0.2) is 0 Å². The lowest BCUT2D eigenvalue weighted by atomic mass is 9.75. The fraction of sp³-hybridized carbons (Fsp3) is 0.821. The highest BCUT2D eigenvalue weighted by atomic mass is 16.2. The molecule has 7 heteroatoms. The van der Waals surface area contributed by atoms with Gasteiger partial charge in [-0.1, -0.05) is 60.8 Å². The van der Waals surface area contributed by atoms with Crippen molar-refractivity contribution in [1.29, 1.82) is 0 Å². The molecule has 196 valence electrons. The van der Waals surface area contributed by atoms with E-state index in [0.29, 0.717) is 18.9 Å². The number of carbonyl (C=O) groups excluding carboxylic acids is 5. The first-order valence-corrected chi connectivity index (χ1v) is 13.3. The van der Waals surface area contributed by atoms with E-state index in [2.05, 4.69) is 19.2 Å². The zero-order valence-electron chi connectivity index (χ0n) is 22.6. The molecule has 0 aromatic heterocycles. The molecule has 3 aliphatic rings. The van der Waals surface area contributed by atoms with Crippen LogP contribution in [0.25, 0.3) is 0 Å². The molecule has 1 N–H and O–H groups in total. The van der Waals surface area contributed by atoms with Crippen molar-refractivity contribution in [2.45, 2.75) is 92.5 Å². The number of rotatable bonds is 11. The molecule has 2 aliphatic carbocycles. The van der Waals surface area contributed by atoms with Crippen molar-refractivity contribution in [3.8, 4) is 0 Å². The van der Waals surface area contributed by atoms with Crippen LogP contribution >= 0.6 is 0 Å². The lowest BCUT2D eigenvalue weighted by molar-refractivity contribution is -0.148. The molecule has 3 rings (SSSR count). The summed E-state index contributed by atoms with van der Waals surface area (Å²) < 4.78 is 0. The van der Waals surface area contributed by atoms with Crippen LogP contribution in [0.3, 0.4) is 0 Å². The van der Waals surface area contributed by atoms with Gasteiger partial charge < -0.3 is 10.2 Å². The highest BCUT2D eigenvalue weighted by Gasteiger charge is 2.69. The molecule has 0 aromatic rings. The van der Waals surface area contributed by atoms with Gasteiger partial charge in [0, 0.05) is 38.8 Å². The summed E-state index contributed by atoms with van der Waals surface area (Å²) in [4.78, 5) is 66.7. The number of nitrogens with one attached hydrogen (secondary N) is 1. The van der Waals surface area contributed by atoms with Crippen LogP contribution in [-0.4, -0.2) is 53.7 Å². The van der Waals surface area contributed by atoms with Gasteiger partial charge in [0.1, 0.15) is 0 Å². The predicted molar refractivity (Wildman–Crippen MR) is 133 cm³/mol. The smallest absolute Gasteiger partial charge is 0.227 e. The van der Waals surface area contributed by atoms with E-state index in [1.54, 1.807) is 18.9 Å². The normalized spacial score (nSPS) is 26.8. The highest BCUT2D eigenvalue weighted by Crippen LogP contribution is 2.65. The number of carbonyl (C=O) groups is 5. The van der Waals surface area contributed by atoms with Crippen molar-refractivity contribution in [3.63, 3.8) is 0 Å². The molecule has 2 saturated carbocycles. The van der Waals surface area contributed by atoms with Crippen LogP contribution in [-0.2, 0) is 24.0 Å². The molecule has 0 bridgehead atoms. The molecule has 1 unspecified atom stereocenters. The Labute approximate surface area is 210 Å². The molecule has 35 heavy (non-hydrogen) atoms. The Kier molecular flexibility index (Phi) is 7.97. The van der Waals surface area contributed by atoms with Gasteiger partial charge in [0.15, 0.2) is 11.6 Å². The van der Waals surface area contributed by atoms with Gasteiger partial charge in [0.25, 0.3) is 0 Å². The lowest BCUT2D eigenvalue weighted by Crippen LogP contribution is -2.51. The van der Waals surface area contributed by atoms with E-state index in [0.717, 1.165) is 19.3 Å². The van der Waals surface area contributed by atoms with Gasteiger partial charge in [-0.2, -0.15) is 0 Å². The minimum atomic E-state index is -0.595. The maximum atomic E-state index is 13.8. The third kappa shape index (κ3) is 5.54. The van der Waals surface area contributed by atoms with E-state index in [-0.39, 0.29) is 54.1 Å². The van der Waals surface area contributed by atoms with E-state index in [9.17, 15) is 24.0 Å². The molecule has 1 heterocycles. The molecule has 1 saturated heterocycles. The second-order valence-corrected chi connectivity index (χ2v) is 12.7. The molecular weight excluding hydrogens is 444 g/mol. The maximum absolute atomic E-state index is 13.8. The van der Waals surface area contributed by atoms with Gasteiger partial charge >= 0.3 is 0 Å². The molecule has 1 aliphatic heterocycles. The number of ketones is 3. The van der Waals surface area contributed by atoms with Gasteiger partial charge in [0.2, 0.25) is 17.6 Å². The summed E-state index contributed by atoms with van der Waals surface area (Å²) in [5.41, 5.74) is -0.488. The van der Waals surface area contributed by atoms with Crippen molar-refractivity contribution in [2.75, 3.05) is 13.6 Å². The second-order valence-electron chi connectivity index (χ2n) is 12.7. The van der Waals surface area contributed by atoms with Crippen molar-refractivity contribution in [3.05, 3.63) is 0 Å². The van der Waals surface area contributed by atoms with Crippen LogP contribution < -0.4 is 5.32 Å². The van der Waals surface area contributed by atoms with Gasteiger partial charge in [0.05, 0.1) is 12.0 Å². The van der Waals surface area contributed by atoms with Gasteiger partial charge in [-0.15, -0.1) is 0 Å². The average molecular weight is 489 g/mol. The minimum absolute atomic E-state index is 0.0183. The third-order valence-electron chi connectivity index (χ3n) is 9.09. The van der Waals surface area contributed by atoms with Crippen LogP contribution in [0.1, 0.15) is 86.5 Å². The monoisotopic (exact) mass is 488 g/mol. The standard InChI is InChI=1S/C28H44N2O5/c1-8-20(31)25(34)17(12-16-10-9-11-16)13-21(32)24-23-19(28(23,5)6)15-30(24)26(35)18(27(2,3)4)14-22(33)29-7/h16-19,23-24H,8-15H2,1-7H3,(H,29,33)/t17?,18-,19+,23+,24-/m1/s1. The Bertz CT molecular complexity index is 882. The summed E-state index contributed by atoms with van der Waals surface area (Å²) in [6, 6.07) is -0.592. The number of nitrogens with zero attached hydrogens (tertiary/aromatic N) is 1. The fourth-order valence-corrected chi connectivity index (χ4v) is 6.31. The summed E-state index contributed by atoms with van der Waals surface area (Å²) in [5, 5.41) is 2.62. The summed E-state index contributed by atoms with van der Waals surface area (Å²) >= 11 is 0. The van der Waals surface area contributed by atoms with E-state index in [1.165, 1.54) is 0 Å². The second kappa shape index (κ2) is 10.1. The number of hydrogen-bond acceptors (Lipinski definition) is 5. The number of amides is 2. The third-order valence-corrected chi connectivity index (χ3v) is 9.09. The van der Waals surface area contributed by atoms with Crippen molar-refractivity contribution < 1.29 is 24.0 Å². The largest absolute Gasteiger partial charge is 0.359 e. The van der Waals surface area contributed by atoms with Gasteiger partial charge in [-0.25, -0.2) is 0 Å². The first-order chi connectivity index (χ1) is 16.2. The number of Topliss-reactive ketones (excluding diaryl/α,β-unsaturated/α-hetero) is 3. The maximum Gasteiger partial charge on any atom is 0.227 e. The van der Waals surface area contributed by atoms with Crippen molar-refractivity contribution >= 4 is 29.2 Å². The summed E-state index contributed by atoms with van der Waals surface area (Å²) in [6.45, 7) is 12.3. The van der Waals surface area contributed by atoms with Crippen LogP contribution in [0.4, 0.5) is 0 Å². The zero-order chi connectivity index (χ0) is 26.3. The number of likely N-dealkylation sites (tertiary alicyclic amines) is 1. The van der Waals surface area contributed by atoms with E-state index in [4.69, 9.17) is 0 Å². The van der Waals surface area contributed by atoms with E-state index < -0.39 is 34.9 Å². The minimum Gasteiger partial charge on any atom is -0.359 e. The van der Waals surface area contributed by atoms with Crippen LogP contribution in [0.5, 0.6) is 0 Å². The fourth-order valence-electron chi connectivity index (χ4n) is 6.31. The lowest BCUT2D eigenvalue weighted by Gasteiger charge is -2.37. The molecule has 2 amide bonds. The number of fused-ring (bicyclic) bond motifs is 1. The molecule has 0 radical (unpaired) electrons. The van der Waals surface area contributed by atoms with Crippen LogP contribution in [0, 0.1) is 40.4 Å². The van der Waals surface area contributed by atoms with Crippen LogP contribution in [0.2, 0.25) is 0 Å². The summed E-state index contributed by atoms with van der Waals surface area (Å²) in [5.74, 6) is -1.76. The topological polar surface area (TPSA) is 101 Å². The van der Waals surface area contributed by atoms with Crippen molar-refractivity contribution in [2.24, 2.45) is 40.4 Å². The Hall–Kier alpha value is -2.05. The first kappa shape index (κ1) is 27.5. The first-order valence-electron chi connectivity index (χ1n) is 13.3. The molecular formula is C28H44N2O5. The van der Waals surface area contributed by atoms with E-state index in [1.807, 2.05) is 20.8 Å². The summed E-state index contributed by atoms with van der Waals surface area (Å²) in [7, 11) is 1.56. The molecule has 3 fully saturated rings. The van der Waals surface area contributed by atoms with Crippen molar-refractivity contribution in [1.82, 2.24) is 10.2 Å². The average Bonchev–Trinajstić information content (AvgIpc) is 3.10. The van der Waals surface area contributed by atoms with Gasteiger partial charge in [-0.3, -0.25) is 24.0 Å². The Morgan fingerprint density at radius 3 is 2.17 bits per heavy atom. The SMILES string of the molecule is CCC(=O)C(=O)C(CC(=O)[C@@H]1[C@@H]2[C@H](CN1C(=O)[C@@H](CC(=O)NC)C(C)(C)C)C2(C)C)CC1CCC1. The van der Waals surface area contributed by atoms with Gasteiger partial charge in [-0.05, 0) is 35.0 Å². The Morgan fingerprint density at radius 1 is 1.06 bits per heavy atom. The molecule has 5 atom stereocenters. The molecule has 0 spiro atoms.